The van der Waals surface area contributed by atoms with E-state index in [9.17, 15) is 4.79 Å². The Balaban J connectivity index is 1.12. The molecule has 6 aromatic heterocycles. The van der Waals surface area contributed by atoms with E-state index in [-0.39, 0.29) is 0 Å². The molecule has 2 unspecified atom stereocenters. The standard InChI is InChI=1S/C89H108O3S6/c1-9-17-23-27-33-63-37-45-67(46-38-63)88(68-47-39-64(40-48-68)34-28-24-18-10-2)72-56-76(82-74(53-54-93-82)91-59-61(15-7)31-21-13-5)95-80(72)84-78(88)86-87(97-84)79-85(98-86)81-73(57-77(96-81)83-75(55-71(58-90)94-83)92-60-62(16-8)32-22-14-6)89(79,69-49-41-65(42-50-69)35-29-25-19-11-3)70-51-43-66(44-52-70)36-30-26-20-12-4/h37-58,61-62H,9-36,59-60H2,1-8H3. The Morgan fingerprint density at radius 3 is 1.09 bits per heavy atom. The molecule has 2 aliphatic carbocycles. The topological polar surface area (TPSA) is 35.5 Å². The first-order valence-electron chi connectivity index (χ1n) is 38.4. The van der Waals surface area contributed by atoms with E-state index in [4.69, 9.17) is 9.47 Å². The van der Waals surface area contributed by atoms with E-state index in [2.05, 4.69) is 199 Å². The highest BCUT2D eigenvalue weighted by atomic mass is 32.1. The van der Waals surface area contributed by atoms with E-state index in [0.29, 0.717) is 23.3 Å². The molecule has 518 valence electrons. The molecule has 6 heterocycles. The Bertz CT molecular complexity index is 4030. The van der Waals surface area contributed by atoms with Gasteiger partial charge in [-0.1, -0.05) is 268 Å². The maximum Gasteiger partial charge on any atom is 0.160 e. The van der Waals surface area contributed by atoms with Crippen molar-refractivity contribution in [3.05, 3.63) is 198 Å². The third kappa shape index (κ3) is 14.9. The van der Waals surface area contributed by atoms with Crippen molar-refractivity contribution in [1.82, 2.24) is 0 Å². The highest BCUT2D eigenvalue weighted by molar-refractivity contribution is 7.35. The number of aryl methyl sites for hydroxylation is 4. The van der Waals surface area contributed by atoms with Crippen LogP contribution in [0, 0.1) is 11.8 Å². The average Bonchev–Trinajstić information content (AvgIpc) is 1.49. The van der Waals surface area contributed by atoms with Crippen LogP contribution in [0.5, 0.6) is 11.5 Å². The van der Waals surface area contributed by atoms with E-state index in [1.54, 1.807) is 11.3 Å². The minimum Gasteiger partial charge on any atom is -0.492 e. The van der Waals surface area contributed by atoms with Crippen LogP contribution in [0.3, 0.4) is 0 Å². The molecular weight excluding hydrogens is 1310 g/mol. The molecule has 0 aliphatic heterocycles. The van der Waals surface area contributed by atoms with Gasteiger partial charge in [-0.05, 0) is 155 Å². The molecule has 0 saturated heterocycles. The lowest BCUT2D eigenvalue weighted by molar-refractivity contribution is 0.112. The summed E-state index contributed by atoms with van der Waals surface area (Å²) in [4.78, 5) is 24.0. The number of aldehydes is 1. The van der Waals surface area contributed by atoms with Crippen molar-refractivity contribution in [1.29, 1.82) is 0 Å². The molecule has 2 aliphatic rings. The van der Waals surface area contributed by atoms with Crippen LogP contribution in [-0.4, -0.2) is 19.5 Å². The van der Waals surface area contributed by atoms with Crippen LogP contribution in [0.4, 0.5) is 0 Å². The second-order valence-electron chi connectivity index (χ2n) is 28.5. The number of unbranched alkanes of at least 4 members (excludes halogenated alkanes) is 14. The van der Waals surface area contributed by atoms with E-state index in [1.807, 2.05) is 40.1 Å². The summed E-state index contributed by atoms with van der Waals surface area (Å²) in [6, 6.07) is 49.5. The Morgan fingerprint density at radius 1 is 0.367 bits per heavy atom. The molecule has 0 spiro atoms. The first-order chi connectivity index (χ1) is 48.2. The van der Waals surface area contributed by atoms with Gasteiger partial charge in [-0.25, -0.2) is 0 Å². The van der Waals surface area contributed by atoms with Crippen molar-refractivity contribution < 1.29 is 14.3 Å². The number of thiophene rings is 6. The molecule has 4 aromatic carbocycles. The van der Waals surface area contributed by atoms with E-state index in [0.717, 1.165) is 74.2 Å². The Hall–Kier alpha value is -5.39. The highest BCUT2D eigenvalue weighted by Gasteiger charge is 2.55. The molecule has 0 amide bonds. The monoisotopic (exact) mass is 1420 g/mol. The molecule has 2 atom stereocenters. The van der Waals surface area contributed by atoms with Gasteiger partial charge >= 0.3 is 0 Å². The molecule has 10 aromatic rings. The van der Waals surface area contributed by atoms with Crippen molar-refractivity contribution in [2.24, 2.45) is 11.8 Å². The minimum atomic E-state index is -0.654. The molecule has 3 nitrogen and oxygen atoms in total. The van der Waals surface area contributed by atoms with Gasteiger partial charge in [-0.3, -0.25) is 4.79 Å². The van der Waals surface area contributed by atoms with Crippen molar-refractivity contribution >= 4 is 83.7 Å². The lowest BCUT2D eigenvalue weighted by Crippen LogP contribution is -2.29. The Labute approximate surface area is 612 Å². The van der Waals surface area contributed by atoms with Crippen LogP contribution in [0.2, 0.25) is 0 Å². The van der Waals surface area contributed by atoms with Gasteiger partial charge in [0.2, 0.25) is 0 Å². The number of hydrogen-bond donors (Lipinski definition) is 0. The van der Waals surface area contributed by atoms with Crippen LogP contribution in [0.15, 0.2) is 127 Å². The molecular formula is C89H108O3S6. The van der Waals surface area contributed by atoms with Gasteiger partial charge in [0.1, 0.15) is 11.5 Å². The third-order valence-corrected chi connectivity index (χ3v) is 29.2. The van der Waals surface area contributed by atoms with Gasteiger partial charge in [0, 0.05) is 26.9 Å². The largest absolute Gasteiger partial charge is 0.492 e. The molecule has 0 radical (unpaired) electrons. The molecule has 12 rings (SSSR count). The molecule has 0 fully saturated rings. The lowest BCUT2D eigenvalue weighted by atomic mass is 9.67. The van der Waals surface area contributed by atoms with Crippen molar-refractivity contribution in [2.75, 3.05) is 13.2 Å². The Kier molecular flexibility index (Phi) is 25.5. The highest BCUT2D eigenvalue weighted by Crippen LogP contribution is 2.71. The zero-order chi connectivity index (χ0) is 68.0. The summed E-state index contributed by atoms with van der Waals surface area (Å²) in [5.74, 6) is 2.87. The summed E-state index contributed by atoms with van der Waals surface area (Å²) in [6.07, 6.45) is 34.7. The van der Waals surface area contributed by atoms with Crippen LogP contribution < -0.4 is 9.47 Å². The predicted molar refractivity (Wildman–Crippen MR) is 431 cm³/mol. The van der Waals surface area contributed by atoms with Gasteiger partial charge < -0.3 is 9.47 Å². The summed E-state index contributed by atoms with van der Waals surface area (Å²) in [7, 11) is 0. The fraction of sp³-hybridized carbons (Fsp3) is 0.472. The number of carbonyl (C=O) groups is 1. The maximum absolute atomic E-state index is 12.9. The van der Waals surface area contributed by atoms with Gasteiger partial charge in [0.15, 0.2) is 6.29 Å². The number of fused-ring (bicyclic) bond motifs is 9. The number of ether oxygens (including phenoxy) is 2. The second kappa shape index (κ2) is 34.5. The van der Waals surface area contributed by atoms with E-state index in [1.165, 1.54) is 245 Å². The fourth-order valence-corrected chi connectivity index (χ4v) is 23.7. The van der Waals surface area contributed by atoms with E-state index < -0.39 is 10.8 Å². The maximum atomic E-state index is 12.9. The third-order valence-electron chi connectivity index (χ3n) is 21.7. The quantitative estimate of drug-likeness (QED) is 0.0283. The molecule has 0 saturated carbocycles. The summed E-state index contributed by atoms with van der Waals surface area (Å²) in [6.45, 7) is 19.9. The van der Waals surface area contributed by atoms with Gasteiger partial charge in [-0.2, -0.15) is 0 Å². The summed E-state index contributed by atoms with van der Waals surface area (Å²) in [5, 5.41) is 2.26. The average molecular weight is 1420 g/mol. The van der Waals surface area contributed by atoms with Crippen molar-refractivity contribution in [3.8, 4) is 50.5 Å². The molecule has 9 heteroatoms. The van der Waals surface area contributed by atoms with Crippen LogP contribution in [-0.2, 0) is 36.5 Å². The first kappa shape index (κ1) is 72.4. The van der Waals surface area contributed by atoms with Crippen molar-refractivity contribution in [3.63, 3.8) is 0 Å². The lowest BCUT2D eigenvalue weighted by Gasteiger charge is -2.34. The summed E-state index contributed by atoms with van der Waals surface area (Å²) < 4.78 is 16.8. The summed E-state index contributed by atoms with van der Waals surface area (Å²) >= 11 is 11.5. The minimum absolute atomic E-state index is 0.461. The molecule has 98 heavy (non-hydrogen) atoms. The number of carbonyl (C=O) groups excluding carboxylic acids is 1. The molecule has 0 bridgehead atoms. The van der Waals surface area contributed by atoms with Gasteiger partial charge in [0.25, 0.3) is 0 Å². The second-order valence-corrected chi connectivity index (χ2v) is 34.7. The van der Waals surface area contributed by atoms with Gasteiger partial charge in [0.05, 0.1) is 67.6 Å². The normalized spacial score (nSPS) is 14.0. The number of hydrogen-bond acceptors (Lipinski definition) is 9. The zero-order valence-electron chi connectivity index (χ0n) is 60.2. The van der Waals surface area contributed by atoms with Crippen LogP contribution in [0.25, 0.3) is 48.4 Å². The summed E-state index contributed by atoms with van der Waals surface area (Å²) in [5.41, 5.74) is 15.4. The van der Waals surface area contributed by atoms with Crippen LogP contribution in [0.1, 0.15) is 286 Å². The smallest absolute Gasteiger partial charge is 0.160 e. The first-order valence-corrected chi connectivity index (χ1v) is 43.4. The zero-order valence-corrected chi connectivity index (χ0v) is 65.1. The van der Waals surface area contributed by atoms with Crippen LogP contribution >= 0.6 is 68.0 Å². The number of rotatable bonds is 41. The van der Waals surface area contributed by atoms with Crippen molar-refractivity contribution in [2.45, 2.75) is 246 Å². The SMILES string of the molecule is CCCCCCc1ccc(C2(c3ccc(CCCCCC)cc3)c3cc(-c4sccc4OCC(CC)CCCC)sc3-c3sc4c5c(sc4c32)-c2sc(-c3sc(C=O)cc3OCC(CC)CCCC)cc2C5(c2ccc(CCCCCC)cc2)c2ccc(CCCCCC)cc2)cc1. The molecule has 0 N–H and O–H groups in total. The Morgan fingerprint density at radius 2 is 0.735 bits per heavy atom. The van der Waals surface area contributed by atoms with Gasteiger partial charge in [-0.15, -0.1) is 68.0 Å². The fourth-order valence-electron chi connectivity index (χ4n) is 15.9. The van der Waals surface area contributed by atoms with E-state index >= 15 is 0 Å². The predicted octanol–water partition coefficient (Wildman–Crippen LogP) is 28.8. The number of benzene rings is 4.